The van der Waals surface area contributed by atoms with Crippen molar-refractivity contribution in [2.45, 2.75) is 40.5 Å². The summed E-state index contributed by atoms with van der Waals surface area (Å²) < 4.78 is 0. The van der Waals surface area contributed by atoms with E-state index in [1.165, 1.54) is 5.57 Å². The zero-order chi connectivity index (χ0) is 23.3. The number of carbonyl (C=O) groups is 3. The lowest BCUT2D eigenvalue weighted by Crippen LogP contribution is -2.50. The van der Waals surface area contributed by atoms with Gasteiger partial charge in [0.15, 0.2) is 0 Å². The Balaban J connectivity index is 1.59. The fourth-order valence-corrected chi connectivity index (χ4v) is 4.93. The number of nitrogens with zero attached hydrogens (tertiary/aromatic N) is 3. The maximum absolute atomic E-state index is 13.0. The molecule has 3 atom stereocenters. The topological polar surface area (TPSA) is 82.6 Å². The summed E-state index contributed by atoms with van der Waals surface area (Å²) >= 11 is 0. The van der Waals surface area contributed by atoms with E-state index >= 15 is 0 Å². The second kappa shape index (κ2) is 10.7. The number of allylic oxidation sites excluding steroid dienone is 1. The molecule has 1 N–H and O–H groups in total. The van der Waals surface area contributed by atoms with Crippen molar-refractivity contribution >= 4 is 17.7 Å². The van der Waals surface area contributed by atoms with Crippen molar-refractivity contribution in [2.75, 3.05) is 32.7 Å². The average molecular weight is 441 g/mol. The van der Waals surface area contributed by atoms with Crippen molar-refractivity contribution in [3.05, 3.63) is 41.7 Å². The predicted molar refractivity (Wildman–Crippen MR) is 124 cm³/mol. The van der Waals surface area contributed by atoms with E-state index in [-0.39, 0.29) is 29.6 Å². The summed E-state index contributed by atoms with van der Waals surface area (Å²) in [5, 5.41) is 3.08. The zero-order valence-corrected chi connectivity index (χ0v) is 19.7. The van der Waals surface area contributed by atoms with Gasteiger partial charge in [0.1, 0.15) is 0 Å². The highest BCUT2D eigenvalue weighted by molar-refractivity contribution is 5.93. The van der Waals surface area contributed by atoms with Crippen molar-refractivity contribution in [1.82, 2.24) is 20.1 Å². The first-order chi connectivity index (χ1) is 15.3. The Labute approximate surface area is 191 Å². The lowest BCUT2D eigenvalue weighted by atomic mass is 9.69. The molecule has 0 radical (unpaired) electrons. The molecule has 0 bridgehead atoms. The van der Waals surface area contributed by atoms with Gasteiger partial charge in [0, 0.05) is 64.0 Å². The van der Waals surface area contributed by atoms with Crippen LogP contribution in [0.15, 0.2) is 36.2 Å². The fraction of sp³-hybridized carbons (Fsp3) is 0.600. The summed E-state index contributed by atoms with van der Waals surface area (Å²) in [6, 6.07) is 3.43. The van der Waals surface area contributed by atoms with Gasteiger partial charge in [-0.05, 0) is 49.1 Å². The third-order valence-corrected chi connectivity index (χ3v) is 7.02. The molecule has 1 aromatic heterocycles. The van der Waals surface area contributed by atoms with Crippen LogP contribution < -0.4 is 5.32 Å². The van der Waals surface area contributed by atoms with Crippen LogP contribution in [0.3, 0.4) is 0 Å². The second-order valence-electron chi connectivity index (χ2n) is 9.45. The molecule has 0 spiro atoms. The molecule has 7 nitrogen and oxygen atoms in total. The number of rotatable bonds is 6. The number of hydrogen-bond acceptors (Lipinski definition) is 4. The van der Waals surface area contributed by atoms with Crippen LogP contribution in [0.2, 0.25) is 0 Å². The van der Waals surface area contributed by atoms with Gasteiger partial charge >= 0.3 is 0 Å². The molecule has 1 aliphatic heterocycles. The molecule has 7 heteroatoms. The molecule has 2 aliphatic rings. The first-order valence-corrected chi connectivity index (χ1v) is 11.7. The highest BCUT2D eigenvalue weighted by atomic mass is 16.2. The van der Waals surface area contributed by atoms with Gasteiger partial charge in [0.2, 0.25) is 11.8 Å². The van der Waals surface area contributed by atoms with Crippen LogP contribution >= 0.6 is 0 Å². The molecule has 1 aliphatic carbocycles. The molecular weight excluding hydrogens is 404 g/mol. The number of carbonyl (C=O) groups excluding carboxylic acids is 3. The third-order valence-electron chi connectivity index (χ3n) is 7.02. The number of nitrogens with one attached hydrogen (secondary N) is 1. The van der Waals surface area contributed by atoms with Crippen molar-refractivity contribution in [3.8, 4) is 0 Å². The minimum Gasteiger partial charge on any atom is -0.351 e. The Morgan fingerprint density at radius 1 is 1.09 bits per heavy atom. The van der Waals surface area contributed by atoms with Gasteiger partial charge in [0.05, 0.1) is 0 Å². The van der Waals surface area contributed by atoms with E-state index in [1.54, 1.807) is 36.4 Å². The van der Waals surface area contributed by atoms with E-state index in [0.29, 0.717) is 56.5 Å². The largest absolute Gasteiger partial charge is 0.351 e. The summed E-state index contributed by atoms with van der Waals surface area (Å²) in [7, 11) is 0. The third kappa shape index (κ3) is 5.96. The molecule has 0 unspecified atom stereocenters. The first-order valence-electron chi connectivity index (χ1n) is 11.7. The Morgan fingerprint density at radius 2 is 1.72 bits per heavy atom. The van der Waals surface area contributed by atoms with Gasteiger partial charge in [-0.25, -0.2) is 0 Å². The van der Waals surface area contributed by atoms with Crippen LogP contribution in [-0.2, 0) is 9.59 Å². The Morgan fingerprint density at radius 3 is 2.31 bits per heavy atom. The maximum atomic E-state index is 13.0. The minimum absolute atomic E-state index is 0.0741. The normalized spacial score (nSPS) is 23.7. The predicted octanol–water partition coefficient (Wildman–Crippen LogP) is 2.75. The van der Waals surface area contributed by atoms with Crippen molar-refractivity contribution < 1.29 is 14.4 Å². The van der Waals surface area contributed by atoms with Crippen LogP contribution in [-0.4, -0.2) is 65.2 Å². The summed E-state index contributed by atoms with van der Waals surface area (Å²) in [6.45, 7) is 11.2. The fourth-order valence-electron chi connectivity index (χ4n) is 4.93. The number of amides is 3. The summed E-state index contributed by atoms with van der Waals surface area (Å²) in [5.74, 6) is 1.52. The number of pyridine rings is 1. The Bertz CT molecular complexity index is 844. The van der Waals surface area contributed by atoms with E-state index in [2.05, 4.69) is 37.1 Å². The van der Waals surface area contributed by atoms with Gasteiger partial charge in [-0.2, -0.15) is 0 Å². The van der Waals surface area contributed by atoms with E-state index in [9.17, 15) is 14.4 Å². The first kappa shape index (κ1) is 24.0. The van der Waals surface area contributed by atoms with E-state index < -0.39 is 0 Å². The second-order valence-corrected chi connectivity index (χ2v) is 9.45. The van der Waals surface area contributed by atoms with Crippen molar-refractivity contribution in [1.29, 1.82) is 0 Å². The summed E-state index contributed by atoms with van der Waals surface area (Å²) in [4.78, 5) is 44.6. The lowest BCUT2D eigenvalue weighted by Gasteiger charge is -2.39. The molecule has 2 heterocycles. The molecular formula is C25H36N4O3. The van der Waals surface area contributed by atoms with E-state index in [4.69, 9.17) is 0 Å². The van der Waals surface area contributed by atoms with Crippen molar-refractivity contribution in [3.63, 3.8) is 0 Å². The standard InChI is InChI=1S/C25H36N4O3/c1-17(2)23-14-21(15-24(31)29-11-9-28(10-12-29)19(4)30)18(3)13-22(23)16-27-25(32)20-5-7-26-8-6-20/h5-8,13,17,21-23H,9-12,14-16H2,1-4H3,(H,27,32)/t21-,22-,23-/m0/s1. The maximum Gasteiger partial charge on any atom is 0.251 e. The number of hydrogen-bond donors (Lipinski definition) is 1. The molecule has 0 saturated carbocycles. The van der Waals surface area contributed by atoms with E-state index in [0.717, 1.165) is 6.42 Å². The lowest BCUT2D eigenvalue weighted by molar-refractivity contribution is -0.139. The zero-order valence-electron chi connectivity index (χ0n) is 19.7. The number of aromatic nitrogens is 1. The Kier molecular flexibility index (Phi) is 8.04. The molecule has 1 fully saturated rings. The van der Waals surface area contributed by atoms with Gasteiger partial charge in [-0.1, -0.05) is 25.5 Å². The number of piperazine rings is 1. The molecule has 32 heavy (non-hydrogen) atoms. The van der Waals surface area contributed by atoms with Crippen LogP contribution in [0, 0.1) is 23.7 Å². The molecule has 1 saturated heterocycles. The SMILES string of the molecule is CC(=O)N1CCN(C(=O)C[C@@H]2C[C@@H](C(C)C)[C@H](CNC(=O)c3ccncc3)C=C2C)CC1. The van der Waals surface area contributed by atoms with Gasteiger partial charge in [0.25, 0.3) is 5.91 Å². The monoisotopic (exact) mass is 440 g/mol. The van der Waals surface area contributed by atoms with E-state index in [1.807, 2.05) is 4.90 Å². The van der Waals surface area contributed by atoms with Gasteiger partial charge in [-0.3, -0.25) is 19.4 Å². The average Bonchev–Trinajstić information content (AvgIpc) is 2.79. The van der Waals surface area contributed by atoms with Gasteiger partial charge < -0.3 is 15.1 Å². The molecule has 3 rings (SSSR count). The molecule has 1 aromatic rings. The quantitative estimate of drug-likeness (QED) is 0.690. The molecule has 0 aromatic carbocycles. The van der Waals surface area contributed by atoms with Crippen molar-refractivity contribution in [2.24, 2.45) is 23.7 Å². The van der Waals surface area contributed by atoms with Gasteiger partial charge in [-0.15, -0.1) is 0 Å². The van der Waals surface area contributed by atoms with Crippen LogP contribution in [0.5, 0.6) is 0 Å². The van der Waals surface area contributed by atoms with Crippen LogP contribution in [0.4, 0.5) is 0 Å². The smallest absolute Gasteiger partial charge is 0.251 e. The summed E-state index contributed by atoms with van der Waals surface area (Å²) in [6.07, 6.45) is 6.99. The molecule has 174 valence electrons. The highest BCUT2D eigenvalue weighted by Crippen LogP contribution is 2.39. The highest BCUT2D eigenvalue weighted by Gasteiger charge is 2.34. The van der Waals surface area contributed by atoms with Crippen LogP contribution in [0.25, 0.3) is 0 Å². The Hall–Kier alpha value is -2.70. The minimum atomic E-state index is -0.0806. The molecule has 3 amide bonds. The van der Waals surface area contributed by atoms with Crippen LogP contribution in [0.1, 0.15) is 50.9 Å². The summed E-state index contributed by atoms with van der Waals surface area (Å²) in [5.41, 5.74) is 1.85.